The third-order valence-corrected chi connectivity index (χ3v) is 5.79. The van der Waals surface area contributed by atoms with E-state index >= 15 is 0 Å². The Morgan fingerprint density at radius 1 is 1.22 bits per heavy atom. The molecule has 0 aliphatic carbocycles. The molecule has 0 saturated carbocycles. The van der Waals surface area contributed by atoms with Crippen LogP contribution in [-0.2, 0) is 18.3 Å². The van der Waals surface area contributed by atoms with E-state index in [1.165, 1.54) is 5.56 Å². The molecule has 6 heteroatoms. The molecule has 0 radical (unpaired) electrons. The van der Waals surface area contributed by atoms with E-state index in [1.54, 1.807) is 16.9 Å². The summed E-state index contributed by atoms with van der Waals surface area (Å²) in [6, 6.07) is 12.4. The van der Waals surface area contributed by atoms with Gasteiger partial charge in [0.15, 0.2) is 0 Å². The first-order chi connectivity index (χ1) is 13.1. The molecule has 2 aliphatic heterocycles. The zero-order chi connectivity index (χ0) is 18.7. The molecule has 144 valence electrons. The minimum Gasteiger partial charge on any atom is -0.370 e. The Morgan fingerprint density at radius 2 is 2.00 bits per heavy atom. The Labute approximate surface area is 160 Å². The van der Waals surface area contributed by atoms with E-state index in [1.807, 2.05) is 7.05 Å². The van der Waals surface area contributed by atoms with Crippen molar-refractivity contribution in [1.82, 2.24) is 20.0 Å². The van der Waals surface area contributed by atoms with Gasteiger partial charge in [-0.1, -0.05) is 30.3 Å². The van der Waals surface area contributed by atoms with Gasteiger partial charge in [-0.05, 0) is 37.3 Å². The molecule has 4 rings (SSSR count). The van der Waals surface area contributed by atoms with Crippen molar-refractivity contribution in [2.24, 2.45) is 7.05 Å². The molecule has 1 aromatic heterocycles. The molecule has 1 amide bonds. The molecule has 0 unspecified atom stereocenters. The summed E-state index contributed by atoms with van der Waals surface area (Å²) in [5.41, 5.74) is 1.84. The molecule has 1 N–H and O–H groups in total. The van der Waals surface area contributed by atoms with Crippen LogP contribution >= 0.6 is 0 Å². The molecular weight excluding hydrogens is 340 g/mol. The van der Waals surface area contributed by atoms with Crippen LogP contribution in [0.1, 0.15) is 41.7 Å². The number of nitrogens with one attached hydrogen (secondary N) is 1. The minimum atomic E-state index is -0.127. The van der Waals surface area contributed by atoms with Gasteiger partial charge in [-0.25, -0.2) is 0 Å². The summed E-state index contributed by atoms with van der Waals surface area (Å²) in [5.74, 6) is -0.127. The number of aryl methyl sites for hydroxylation is 1. The third kappa shape index (κ3) is 4.39. The van der Waals surface area contributed by atoms with E-state index in [0.717, 1.165) is 45.3 Å². The topological polar surface area (TPSA) is 59.4 Å². The van der Waals surface area contributed by atoms with Gasteiger partial charge in [0.2, 0.25) is 0 Å². The Hall–Kier alpha value is -2.18. The molecule has 1 aromatic carbocycles. The van der Waals surface area contributed by atoms with Crippen LogP contribution in [0.3, 0.4) is 0 Å². The standard InChI is InChI=1S/C21H28N4O2/c1-24-12-8-19(23-24)20(26)22-15-18-7-9-21(27-18)10-13-25(14-11-21)16-17-5-3-2-4-6-17/h2-6,8,12,18H,7,9-11,13-16H2,1H3,(H,22,26)/t18-/m1/s1. The van der Waals surface area contributed by atoms with E-state index in [-0.39, 0.29) is 17.6 Å². The number of nitrogens with zero attached hydrogens (tertiary/aromatic N) is 3. The SMILES string of the molecule is Cn1ccc(C(=O)NC[C@H]2CCC3(CCN(Cc4ccccc4)CC3)O2)n1. The maximum absolute atomic E-state index is 12.1. The van der Waals surface area contributed by atoms with Gasteiger partial charge in [-0.3, -0.25) is 14.4 Å². The largest absolute Gasteiger partial charge is 0.370 e. The summed E-state index contributed by atoms with van der Waals surface area (Å²) in [6.45, 7) is 3.72. The van der Waals surface area contributed by atoms with E-state index < -0.39 is 0 Å². The zero-order valence-corrected chi connectivity index (χ0v) is 15.9. The predicted molar refractivity (Wildman–Crippen MR) is 103 cm³/mol. The summed E-state index contributed by atoms with van der Waals surface area (Å²) >= 11 is 0. The van der Waals surface area contributed by atoms with Gasteiger partial charge >= 0.3 is 0 Å². The number of rotatable bonds is 5. The Balaban J connectivity index is 1.23. The molecule has 1 atom stereocenters. The highest BCUT2D eigenvalue weighted by atomic mass is 16.5. The molecular formula is C21H28N4O2. The van der Waals surface area contributed by atoms with Crippen LogP contribution in [0.15, 0.2) is 42.6 Å². The number of hydrogen-bond donors (Lipinski definition) is 1. The first-order valence-corrected chi connectivity index (χ1v) is 9.84. The molecule has 3 heterocycles. The second-order valence-corrected chi connectivity index (χ2v) is 7.81. The number of piperidine rings is 1. The smallest absolute Gasteiger partial charge is 0.271 e. The van der Waals surface area contributed by atoms with Crippen molar-refractivity contribution in [3.05, 3.63) is 53.9 Å². The number of aromatic nitrogens is 2. The first kappa shape index (κ1) is 18.2. The second-order valence-electron chi connectivity index (χ2n) is 7.81. The van der Waals surface area contributed by atoms with Crippen molar-refractivity contribution in [2.45, 2.75) is 43.9 Å². The quantitative estimate of drug-likeness (QED) is 0.880. The number of hydrogen-bond acceptors (Lipinski definition) is 4. The van der Waals surface area contributed by atoms with Crippen molar-refractivity contribution >= 4 is 5.91 Å². The zero-order valence-electron chi connectivity index (χ0n) is 15.9. The van der Waals surface area contributed by atoms with Gasteiger partial charge in [0, 0.05) is 39.4 Å². The lowest BCUT2D eigenvalue weighted by molar-refractivity contribution is -0.0764. The van der Waals surface area contributed by atoms with Crippen molar-refractivity contribution in [1.29, 1.82) is 0 Å². The molecule has 2 aliphatic rings. The van der Waals surface area contributed by atoms with Crippen LogP contribution in [0.25, 0.3) is 0 Å². The highest BCUT2D eigenvalue weighted by Gasteiger charge is 2.42. The van der Waals surface area contributed by atoms with Crippen molar-refractivity contribution in [3.8, 4) is 0 Å². The van der Waals surface area contributed by atoms with Crippen molar-refractivity contribution < 1.29 is 9.53 Å². The number of ether oxygens (including phenoxy) is 1. The predicted octanol–water partition coefficient (Wildman–Crippen LogP) is 2.36. The monoisotopic (exact) mass is 368 g/mol. The van der Waals surface area contributed by atoms with E-state index in [0.29, 0.717) is 12.2 Å². The van der Waals surface area contributed by atoms with Crippen LogP contribution < -0.4 is 5.32 Å². The molecule has 1 spiro atoms. The summed E-state index contributed by atoms with van der Waals surface area (Å²) in [4.78, 5) is 14.7. The fourth-order valence-corrected chi connectivity index (χ4v) is 4.20. The van der Waals surface area contributed by atoms with Crippen LogP contribution in [0.5, 0.6) is 0 Å². The second kappa shape index (κ2) is 7.82. The van der Waals surface area contributed by atoms with E-state index in [9.17, 15) is 4.79 Å². The average molecular weight is 368 g/mol. The highest BCUT2D eigenvalue weighted by Crippen LogP contribution is 2.39. The maximum atomic E-state index is 12.1. The van der Waals surface area contributed by atoms with E-state index in [4.69, 9.17) is 4.74 Å². The number of likely N-dealkylation sites (tertiary alicyclic amines) is 1. The lowest BCUT2D eigenvalue weighted by Crippen LogP contribution is -2.44. The van der Waals surface area contributed by atoms with Crippen molar-refractivity contribution in [3.63, 3.8) is 0 Å². The molecule has 2 aromatic rings. The summed E-state index contributed by atoms with van der Waals surface area (Å²) in [6.07, 6.45) is 6.14. The van der Waals surface area contributed by atoms with Crippen LogP contribution in [-0.4, -0.2) is 51.9 Å². The van der Waals surface area contributed by atoms with Crippen LogP contribution in [0, 0.1) is 0 Å². The van der Waals surface area contributed by atoms with Crippen LogP contribution in [0.4, 0.5) is 0 Å². The highest BCUT2D eigenvalue weighted by molar-refractivity contribution is 5.92. The number of benzene rings is 1. The van der Waals surface area contributed by atoms with Crippen LogP contribution in [0.2, 0.25) is 0 Å². The molecule has 27 heavy (non-hydrogen) atoms. The minimum absolute atomic E-state index is 0.00752. The number of carbonyl (C=O) groups is 1. The molecule has 0 bridgehead atoms. The lowest BCUT2D eigenvalue weighted by atomic mass is 9.88. The van der Waals surface area contributed by atoms with Gasteiger partial charge in [-0.2, -0.15) is 5.10 Å². The summed E-state index contributed by atoms with van der Waals surface area (Å²) < 4.78 is 8.05. The summed E-state index contributed by atoms with van der Waals surface area (Å²) in [7, 11) is 1.81. The first-order valence-electron chi connectivity index (χ1n) is 9.84. The Kier molecular flexibility index (Phi) is 5.27. The van der Waals surface area contributed by atoms with Gasteiger partial charge in [0.25, 0.3) is 5.91 Å². The van der Waals surface area contributed by atoms with Gasteiger partial charge in [0.1, 0.15) is 5.69 Å². The average Bonchev–Trinajstić information content (AvgIpc) is 3.30. The van der Waals surface area contributed by atoms with Gasteiger partial charge in [-0.15, -0.1) is 0 Å². The third-order valence-electron chi connectivity index (χ3n) is 5.79. The van der Waals surface area contributed by atoms with Crippen molar-refractivity contribution in [2.75, 3.05) is 19.6 Å². The molecule has 6 nitrogen and oxygen atoms in total. The summed E-state index contributed by atoms with van der Waals surface area (Å²) in [5, 5.41) is 7.11. The molecule has 2 fully saturated rings. The lowest BCUT2D eigenvalue weighted by Gasteiger charge is -2.39. The maximum Gasteiger partial charge on any atom is 0.271 e. The van der Waals surface area contributed by atoms with E-state index in [2.05, 4.69) is 45.6 Å². The fourth-order valence-electron chi connectivity index (χ4n) is 4.20. The van der Waals surface area contributed by atoms with Gasteiger partial charge in [0.05, 0.1) is 11.7 Å². The number of amides is 1. The van der Waals surface area contributed by atoms with Gasteiger partial charge < -0.3 is 10.1 Å². The fraction of sp³-hybridized carbons (Fsp3) is 0.524. The number of carbonyl (C=O) groups excluding carboxylic acids is 1. The normalized spacial score (nSPS) is 22.2. The Bertz CT molecular complexity index is 765. The molecule has 2 saturated heterocycles. The Morgan fingerprint density at radius 3 is 2.70 bits per heavy atom.